The Morgan fingerprint density at radius 3 is 1.33 bits per heavy atom. The molecule has 0 radical (unpaired) electrons. The molecular formula is C2H9N3Si. The van der Waals surface area contributed by atoms with Crippen molar-refractivity contribution in [2.24, 2.45) is 17.2 Å². The zero-order valence-electron chi connectivity index (χ0n) is 3.73. The van der Waals surface area contributed by atoms with E-state index in [1.807, 2.05) is 0 Å². The van der Waals surface area contributed by atoms with E-state index in [1.54, 1.807) is 0 Å². The SMILES string of the molecule is NC(N)=C(N)[SiH3]. The quantitative estimate of drug-likeness (QED) is 0.293. The highest BCUT2D eigenvalue weighted by Gasteiger charge is 1.76. The molecule has 0 aromatic carbocycles. The molecule has 0 saturated heterocycles. The van der Waals surface area contributed by atoms with Gasteiger partial charge in [-0.15, -0.1) is 0 Å². The minimum atomic E-state index is 0.265. The van der Waals surface area contributed by atoms with Crippen molar-refractivity contribution < 1.29 is 0 Å². The van der Waals surface area contributed by atoms with Gasteiger partial charge in [-0.25, -0.2) is 0 Å². The minimum absolute atomic E-state index is 0.265. The van der Waals surface area contributed by atoms with Crippen LogP contribution in [0.2, 0.25) is 0 Å². The molecule has 0 aromatic rings. The monoisotopic (exact) mass is 103 g/mol. The lowest BCUT2D eigenvalue weighted by atomic mass is 10.8. The molecule has 4 heteroatoms. The molecule has 0 aliphatic carbocycles. The third-order valence-electron chi connectivity index (χ3n) is 0.455. The standard InChI is InChI=1S/C2H9N3Si/c3-1(4)2(5)6/h3-5H2,6H3. The maximum Gasteiger partial charge on any atom is 0.107 e. The van der Waals surface area contributed by atoms with Gasteiger partial charge in [-0.05, 0) is 0 Å². The van der Waals surface area contributed by atoms with E-state index < -0.39 is 0 Å². The van der Waals surface area contributed by atoms with Crippen LogP contribution in [0.4, 0.5) is 0 Å². The molecule has 0 fully saturated rings. The summed E-state index contributed by atoms with van der Waals surface area (Å²) >= 11 is 0. The first-order valence-corrected chi connectivity index (χ1v) is 2.62. The summed E-state index contributed by atoms with van der Waals surface area (Å²) in [4.78, 5) is 0. The van der Waals surface area contributed by atoms with Gasteiger partial charge in [0.15, 0.2) is 0 Å². The summed E-state index contributed by atoms with van der Waals surface area (Å²) in [6, 6.07) is 0. The fourth-order valence-electron chi connectivity index (χ4n) is 0. The second kappa shape index (κ2) is 1.71. The van der Waals surface area contributed by atoms with Gasteiger partial charge in [0.05, 0.1) is 10.2 Å². The fourth-order valence-corrected chi connectivity index (χ4v) is 0. The van der Waals surface area contributed by atoms with Gasteiger partial charge in [-0.3, -0.25) is 0 Å². The van der Waals surface area contributed by atoms with Gasteiger partial charge in [0, 0.05) is 5.32 Å². The van der Waals surface area contributed by atoms with Crippen molar-refractivity contribution in [3.63, 3.8) is 0 Å². The summed E-state index contributed by atoms with van der Waals surface area (Å²) < 4.78 is 0. The highest BCUT2D eigenvalue weighted by Crippen LogP contribution is 1.67. The molecule has 0 aliphatic heterocycles. The molecule has 0 aromatic heterocycles. The van der Waals surface area contributed by atoms with E-state index in [4.69, 9.17) is 17.2 Å². The molecule has 0 amide bonds. The molecule has 0 spiro atoms. The van der Waals surface area contributed by atoms with E-state index >= 15 is 0 Å². The molecule has 0 unspecified atom stereocenters. The molecule has 0 atom stereocenters. The van der Waals surface area contributed by atoms with E-state index in [0.29, 0.717) is 5.32 Å². The number of nitrogens with two attached hydrogens (primary N) is 3. The smallest absolute Gasteiger partial charge is 0.107 e. The maximum absolute atomic E-state index is 5.13. The van der Waals surface area contributed by atoms with E-state index in [-0.39, 0.29) is 5.82 Å². The summed E-state index contributed by atoms with van der Waals surface area (Å²) in [5.74, 6) is 0.265. The maximum atomic E-state index is 5.13. The summed E-state index contributed by atoms with van der Waals surface area (Å²) in [6.45, 7) is 0. The van der Waals surface area contributed by atoms with Gasteiger partial charge in [0.25, 0.3) is 0 Å². The Bertz CT molecular complexity index is 58.9. The molecule has 6 N–H and O–H groups in total. The van der Waals surface area contributed by atoms with Crippen LogP contribution in [0.5, 0.6) is 0 Å². The summed E-state index contributed by atoms with van der Waals surface area (Å²) in [5, 5.41) is 0.620. The largest absolute Gasteiger partial charge is 0.404 e. The zero-order chi connectivity index (χ0) is 5.15. The van der Waals surface area contributed by atoms with Crippen LogP contribution in [-0.4, -0.2) is 10.2 Å². The lowest BCUT2D eigenvalue weighted by Gasteiger charge is -1.90. The van der Waals surface area contributed by atoms with Crippen LogP contribution in [0.15, 0.2) is 11.1 Å². The van der Waals surface area contributed by atoms with E-state index in [0.717, 1.165) is 10.2 Å². The fraction of sp³-hybridized carbons (Fsp3) is 0. The van der Waals surface area contributed by atoms with Crippen LogP contribution < -0.4 is 17.2 Å². The average Bonchev–Trinajstić information content (AvgIpc) is 1.36. The Morgan fingerprint density at radius 1 is 1.17 bits per heavy atom. The number of hydrogen-bond donors (Lipinski definition) is 3. The average molecular weight is 103 g/mol. The predicted molar refractivity (Wildman–Crippen MR) is 29.5 cm³/mol. The van der Waals surface area contributed by atoms with Gasteiger partial charge < -0.3 is 17.2 Å². The normalized spacial score (nSPS) is 8.00. The van der Waals surface area contributed by atoms with Crippen molar-refractivity contribution in [3.8, 4) is 0 Å². The second-order valence-corrected chi connectivity index (χ2v) is 2.22. The van der Waals surface area contributed by atoms with Crippen molar-refractivity contribution in [3.05, 3.63) is 11.1 Å². The van der Waals surface area contributed by atoms with Gasteiger partial charge in [0.2, 0.25) is 0 Å². The lowest BCUT2D eigenvalue weighted by molar-refractivity contribution is 1.20. The molecule has 0 bridgehead atoms. The van der Waals surface area contributed by atoms with Crippen LogP contribution in [0.1, 0.15) is 0 Å². The first kappa shape index (κ1) is 5.36. The number of hydrogen-bond acceptors (Lipinski definition) is 3. The van der Waals surface area contributed by atoms with E-state index in [2.05, 4.69) is 0 Å². The molecule has 0 aliphatic rings. The van der Waals surface area contributed by atoms with Crippen LogP contribution in [0.25, 0.3) is 0 Å². The molecule has 0 heterocycles. The third kappa shape index (κ3) is 1.65. The Labute approximate surface area is 39.6 Å². The lowest BCUT2D eigenvalue weighted by Crippen LogP contribution is -2.16. The molecule has 6 heavy (non-hydrogen) atoms. The predicted octanol–water partition coefficient (Wildman–Crippen LogP) is -2.65. The van der Waals surface area contributed by atoms with Crippen LogP contribution in [-0.2, 0) is 0 Å². The topological polar surface area (TPSA) is 78.1 Å². The Hall–Kier alpha value is -0.643. The van der Waals surface area contributed by atoms with Gasteiger partial charge >= 0.3 is 0 Å². The Balaban J connectivity index is 3.68. The first-order chi connectivity index (χ1) is 2.64. The van der Waals surface area contributed by atoms with Crippen molar-refractivity contribution in [2.45, 2.75) is 0 Å². The summed E-state index contributed by atoms with van der Waals surface area (Å²) in [6.07, 6.45) is 0. The van der Waals surface area contributed by atoms with Crippen molar-refractivity contribution in [1.82, 2.24) is 0 Å². The first-order valence-electron chi connectivity index (χ1n) is 1.62. The van der Waals surface area contributed by atoms with E-state index in [9.17, 15) is 0 Å². The van der Waals surface area contributed by atoms with Gasteiger partial charge in [0.1, 0.15) is 5.82 Å². The van der Waals surface area contributed by atoms with Gasteiger partial charge in [-0.1, -0.05) is 0 Å². The van der Waals surface area contributed by atoms with Crippen molar-refractivity contribution in [2.75, 3.05) is 0 Å². The van der Waals surface area contributed by atoms with Crippen molar-refractivity contribution in [1.29, 1.82) is 0 Å². The third-order valence-corrected chi connectivity index (χ3v) is 1.03. The Morgan fingerprint density at radius 2 is 1.33 bits per heavy atom. The zero-order valence-corrected chi connectivity index (χ0v) is 5.73. The summed E-state index contributed by atoms with van der Waals surface area (Å²) in [5.41, 5.74) is 15.1. The second-order valence-electron chi connectivity index (χ2n) is 1.14. The van der Waals surface area contributed by atoms with Gasteiger partial charge in [-0.2, -0.15) is 0 Å². The molecule has 0 saturated carbocycles. The van der Waals surface area contributed by atoms with Crippen LogP contribution >= 0.6 is 0 Å². The number of rotatable bonds is 0. The highest BCUT2D eigenvalue weighted by atomic mass is 28.1. The summed E-state index contributed by atoms with van der Waals surface area (Å²) in [7, 11) is 0.761. The van der Waals surface area contributed by atoms with Crippen LogP contribution in [0.3, 0.4) is 0 Å². The van der Waals surface area contributed by atoms with Crippen molar-refractivity contribution >= 4 is 10.2 Å². The molecule has 0 rings (SSSR count). The highest BCUT2D eigenvalue weighted by molar-refractivity contribution is 6.21. The molecule has 36 valence electrons. The minimum Gasteiger partial charge on any atom is -0.404 e. The molecule has 3 nitrogen and oxygen atoms in total. The molecular weight excluding hydrogens is 94.1 g/mol. The Kier molecular flexibility index (Phi) is 1.53. The van der Waals surface area contributed by atoms with E-state index in [1.165, 1.54) is 0 Å². The van der Waals surface area contributed by atoms with Crippen LogP contribution in [0, 0.1) is 0 Å².